The van der Waals surface area contributed by atoms with Crippen molar-refractivity contribution in [3.63, 3.8) is 0 Å². The maximum Gasteiger partial charge on any atom is 0.282 e. The zero-order valence-electron chi connectivity index (χ0n) is 9.58. The number of morpholine rings is 1. The number of hydrogen-bond acceptors (Lipinski definition) is 5. The third kappa shape index (κ3) is 2.76. The smallest absolute Gasteiger partial charge is 0.282 e. The van der Waals surface area contributed by atoms with Crippen molar-refractivity contribution in [2.45, 2.75) is 12.8 Å². The number of nitrogens with zero attached hydrogens (tertiary/aromatic N) is 3. The second-order valence-corrected chi connectivity index (χ2v) is 6.01. The molecule has 98 valence electrons. The number of piperidine rings is 1. The van der Waals surface area contributed by atoms with E-state index in [1.807, 2.05) is 0 Å². The molecule has 0 saturated carbocycles. The SMILES string of the molecule is O=S(=O)(N1CCOCC1)N1CCC(=NO)CC1. The van der Waals surface area contributed by atoms with Gasteiger partial charge in [-0.25, -0.2) is 0 Å². The van der Waals surface area contributed by atoms with E-state index in [-0.39, 0.29) is 0 Å². The zero-order chi connectivity index (χ0) is 12.3. The van der Waals surface area contributed by atoms with Gasteiger partial charge in [-0.15, -0.1) is 0 Å². The molecule has 17 heavy (non-hydrogen) atoms. The van der Waals surface area contributed by atoms with Crippen LogP contribution in [0.5, 0.6) is 0 Å². The lowest BCUT2D eigenvalue weighted by molar-refractivity contribution is 0.0701. The van der Waals surface area contributed by atoms with Crippen molar-refractivity contribution in [1.29, 1.82) is 0 Å². The van der Waals surface area contributed by atoms with Crippen LogP contribution in [0.2, 0.25) is 0 Å². The fourth-order valence-electron chi connectivity index (χ4n) is 2.02. The summed E-state index contributed by atoms with van der Waals surface area (Å²) < 4.78 is 32.5. The molecule has 0 bridgehead atoms. The van der Waals surface area contributed by atoms with Crippen LogP contribution >= 0.6 is 0 Å². The van der Waals surface area contributed by atoms with Crippen molar-refractivity contribution in [3.05, 3.63) is 0 Å². The Bertz CT molecular complexity index is 379. The van der Waals surface area contributed by atoms with Gasteiger partial charge in [-0.05, 0) is 0 Å². The predicted octanol–water partition coefficient (Wildman–Crippen LogP) is -0.511. The Kier molecular flexibility index (Phi) is 3.97. The summed E-state index contributed by atoms with van der Waals surface area (Å²) in [5.41, 5.74) is 0.665. The third-order valence-corrected chi connectivity index (χ3v) is 5.10. The highest BCUT2D eigenvalue weighted by molar-refractivity contribution is 7.86. The average molecular weight is 263 g/mol. The van der Waals surface area contributed by atoms with Crippen LogP contribution in [0.15, 0.2) is 5.16 Å². The Labute approximate surface area is 101 Å². The van der Waals surface area contributed by atoms with Gasteiger partial charge >= 0.3 is 0 Å². The minimum absolute atomic E-state index is 0.388. The normalized spacial score (nSPS) is 24.8. The summed E-state index contributed by atoms with van der Waals surface area (Å²) in [6.45, 7) is 2.52. The second kappa shape index (κ2) is 5.30. The molecule has 2 rings (SSSR count). The molecule has 0 aliphatic carbocycles. The van der Waals surface area contributed by atoms with Crippen LogP contribution in [0.1, 0.15) is 12.8 Å². The molecule has 8 heteroatoms. The van der Waals surface area contributed by atoms with Crippen molar-refractivity contribution in [1.82, 2.24) is 8.61 Å². The second-order valence-electron chi connectivity index (χ2n) is 4.08. The van der Waals surface area contributed by atoms with Gasteiger partial charge in [0.1, 0.15) is 0 Å². The molecular weight excluding hydrogens is 246 g/mol. The standard InChI is InChI=1S/C9H17N3O4S/c13-10-9-1-3-11(4-2-9)17(14,15)12-5-7-16-8-6-12/h13H,1-8H2. The summed E-state index contributed by atoms with van der Waals surface area (Å²) in [5, 5.41) is 11.8. The molecule has 0 atom stereocenters. The third-order valence-electron chi connectivity index (χ3n) is 3.06. The van der Waals surface area contributed by atoms with E-state index in [1.54, 1.807) is 0 Å². The molecule has 0 amide bonds. The van der Waals surface area contributed by atoms with E-state index >= 15 is 0 Å². The van der Waals surface area contributed by atoms with Crippen molar-refractivity contribution in [2.24, 2.45) is 5.16 Å². The van der Waals surface area contributed by atoms with Gasteiger partial charge in [0.2, 0.25) is 0 Å². The summed E-state index contributed by atoms with van der Waals surface area (Å²) in [4.78, 5) is 0. The number of hydrogen-bond donors (Lipinski definition) is 1. The van der Waals surface area contributed by atoms with Crippen LogP contribution in [0.4, 0.5) is 0 Å². The van der Waals surface area contributed by atoms with Crippen molar-refractivity contribution in [2.75, 3.05) is 39.4 Å². The minimum Gasteiger partial charge on any atom is -0.411 e. The van der Waals surface area contributed by atoms with Crippen LogP contribution in [0.3, 0.4) is 0 Å². The van der Waals surface area contributed by atoms with Crippen LogP contribution in [0.25, 0.3) is 0 Å². The maximum atomic E-state index is 12.2. The lowest BCUT2D eigenvalue weighted by Crippen LogP contribution is -2.50. The zero-order valence-corrected chi connectivity index (χ0v) is 10.4. The van der Waals surface area contributed by atoms with Gasteiger partial charge in [0, 0.05) is 39.0 Å². The topological polar surface area (TPSA) is 82.4 Å². The van der Waals surface area contributed by atoms with E-state index in [1.165, 1.54) is 8.61 Å². The lowest BCUT2D eigenvalue weighted by atomic mass is 10.1. The first-order valence-electron chi connectivity index (χ1n) is 5.67. The van der Waals surface area contributed by atoms with E-state index in [9.17, 15) is 8.42 Å². The first-order valence-corrected chi connectivity index (χ1v) is 7.07. The molecule has 2 fully saturated rings. The van der Waals surface area contributed by atoms with E-state index in [0.29, 0.717) is 57.9 Å². The van der Waals surface area contributed by atoms with Crippen LogP contribution in [0, 0.1) is 0 Å². The summed E-state index contributed by atoms with van der Waals surface area (Å²) >= 11 is 0. The van der Waals surface area contributed by atoms with Gasteiger partial charge in [0.05, 0.1) is 18.9 Å². The van der Waals surface area contributed by atoms with Gasteiger partial charge in [-0.1, -0.05) is 5.16 Å². The monoisotopic (exact) mass is 263 g/mol. The molecule has 1 N–H and O–H groups in total. The number of oxime groups is 1. The Hall–Kier alpha value is -0.700. The Morgan fingerprint density at radius 2 is 1.59 bits per heavy atom. The molecule has 2 saturated heterocycles. The largest absolute Gasteiger partial charge is 0.411 e. The molecular formula is C9H17N3O4S. The number of rotatable bonds is 2. The Balaban J connectivity index is 2.01. The average Bonchev–Trinajstić information content (AvgIpc) is 2.40. The van der Waals surface area contributed by atoms with Crippen molar-refractivity contribution < 1.29 is 18.4 Å². The van der Waals surface area contributed by atoms with Gasteiger partial charge in [-0.2, -0.15) is 17.0 Å². The highest BCUT2D eigenvalue weighted by Gasteiger charge is 2.32. The first-order chi connectivity index (χ1) is 8.14. The molecule has 2 aliphatic heterocycles. The highest BCUT2D eigenvalue weighted by Crippen LogP contribution is 2.16. The van der Waals surface area contributed by atoms with Crippen LogP contribution in [-0.2, 0) is 14.9 Å². The van der Waals surface area contributed by atoms with Crippen LogP contribution < -0.4 is 0 Å². The quantitative estimate of drug-likeness (QED) is 0.537. The molecule has 2 heterocycles. The summed E-state index contributed by atoms with van der Waals surface area (Å²) in [6, 6.07) is 0. The molecule has 0 spiro atoms. The Morgan fingerprint density at radius 3 is 2.12 bits per heavy atom. The molecule has 2 aliphatic rings. The molecule has 0 aromatic heterocycles. The summed E-state index contributed by atoms with van der Waals surface area (Å²) in [7, 11) is -3.37. The fourth-order valence-corrected chi connectivity index (χ4v) is 3.60. The summed E-state index contributed by atoms with van der Waals surface area (Å²) in [5.74, 6) is 0. The van der Waals surface area contributed by atoms with Gasteiger partial charge in [-0.3, -0.25) is 0 Å². The molecule has 7 nitrogen and oxygen atoms in total. The van der Waals surface area contributed by atoms with Crippen LogP contribution in [-0.4, -0.2) is 67.3 Å². The lowest BCUT2D eigenvalue weighted by Gasteiger charge is -2.33. The van der Waals surface area contributed by atoms with E-state index in [0.717, 1.165) is 0 Å². The van der Waals surface area contributed by atoms with Gasteiger partial charge < -0.3 is 9.94 Å². The van der Waals surface area contributed by atoms with E-state index < -0.39 is 10.2 Å². The fraction of sp³-hybridized carbons (Fsp3) is 0.889. The molecule has 0 unspecified atom stereocenters. The molecule has 0 aromatic carbocycles. The van der Waals surface area contributed by atoms with Gasteiger partial charge in [0.25, 0.3) is 10.2 Å². The first kappa shape index (κ1) is 12.7. The van der Waals surface area contributed by atoms with Crippen molar-refractivity contribution in [3.8, 4) is 0 Å². The minimum atomic E-state index is -3.37. The van der Waals surface area contributed by atoms with Gasteiger partial charge in [0.15, 0.2) is 0 Å². The Morgan fingerprint density at radius 1 is 1.06 bits per heavy atom. The van der Waals surface area contributed by atoms with E-state index in [4.69, 9.17) is 9.94 Å². The predicted molar refractivity (Wildman–Crippen MR) is 61.3 cm³/mol. The molecule has 0 aromatic rings. The van der Waals surface area contributed by atoms with E-state index in [2.05, 4.69) is 5.16 Å². The number of ether oxygens (including phenoxy) is 1. The van der Waals surface area contributed by atoms with Crippen molar-refractivity contribution >= 4 is 15.9 Å². The summed E-state index contributed by atoms with van der Waals surface area (Å²) in [6.07, 6.45) is 1.00. The molecule has 0 radical (unpaired) electrons. The highest BCUT2D eigenvalue weighted by atomic mass is 32.2. The maximum absolute atomic E-state index is 12.2.